The predicted octanol–water partition coefficient (Wildman–Crippen LogP) is 2.26. The molecule has 0 spiro atoms. The summed E-state index contributed by atoms with van der Waals surface area (Å²) in [7, 11) is 1.93. The van der Waals surface area contributed by atoms with E-state index in [0.717, 1.165) is 22.7 Å². The van der Waals surface area contributed by atoms with Crippen LogP contribution in [0.2, 0.25) is 0 Å². The number of hydrogen-bond donors (Lipinski definition) is 0. The van der Waals surface area contributed by atoms with E-state index in [0.29, 0.717) is 12.4 Å². The Morgan fingerprint density at radius 2 is 2.11 bits per heavy atom. The second-order valence-corrected chi connectivity index (χ2v) is 4.87. The van der Waals surface area contributed by atoms with Crippen LogP contribution in [0.5, 0.6) is 0 Å². The van der Waals surface area contributed by atoms with Gasteiger partial charge in [0.1, 0.15) is 12.2 Å². The third-order valence-corrected chi connectivity index (χ3v) is 3.45. The van der Waals surface area contributed by atoms with Gasteiger partial charge in [-0.05, 0) is 24.6 Å². The standard InChI is InChI=1S/C13H14ClN5/c1-9-3-4-11-10(5-9)16-12(6-14)19(11)7-13-17-15-8-18(13)2/h3-5,8H,6-7H2,1-2H3. The van der Waals surface area contributed by atoms with E-state index in [1.807, 2.05) is 11.6 Å². The van der Waals surface area contributed by atoms with E-state index >= 15 is 0 Å². The average molecular weight is 276 g/mol. The van der Waals surface area contributed by atoms with E-state index in [9.17, 15) is 0 Å². The second-order valence-electron chi connectivity index (χ2n) is 4.60. The minimum Gasteiger partial charge on any atom is -0.319 e. The molecule has 0 saturated carbocycles. The van der Waals surface area contributed by atoms with Crippen molar-refractivity contribution in [2.75, 3.05) is 0 Å². The van der Waals surface area contributed by atoms with Gasteiger partial charge >= 0.3 is 0 Å². The Hall–Kier alpha value is -1.88. The molecule has 0 N–H and O–H groups in total. The molecule has 0 unspecified atom stereocenters. The number of benzene rings is 1. The van der Waals surface area contributed by atoms with Crippen LogP contribution < -0.4 is 0 Å². The molecule has 2 heterocycles. The zero-order valence-electron chi connectivity index (χ0n) is 10.8. The molecule has 6 heteroatoms. The lowest BCUT2D eigenvalue weighted by atomic mass is 10.2. The lowest BCUT2D eigenvalue weighted by Gasteiger charge is -2.07. The van der Waals surface area contributed by atoms with Gasteiger partial charge in [-0.25, -0.2) is 4.98 Å². The second kappa shape index (κ2) is 4.66. The molecular weight excluding hydrogens is 262 g/mol. The van der Waals surface area contributed by atoms with Crippen molar-refractivity contribution in [3.05, 3.63) is 41.7 Å². The quantitative estimate of drug-likeness (QED) is 0.689. The summed E-state index contributed by atoms with van der Waals surface area (Å²) in [6.45, 7) is 2.68. The molecule has 0 fully saturated rings. The van der Waals surface area contributed by atoms with E-state index in [1.54, 1.807) is 6.33 Å². The molecule has 0 aliphatic heterocycles. The lowest BCUT2D eigenvalue weighted by molar-refractivity contribution is 0.691. The molecule has 0 amide bonds. The van der Waals surface area contributed by atoms with Crippen LogP contribution in [0.25, 0.3) is 11.0 Å². The number of imidazole rings is 1. The van der Waals surface area contributed by atoms with Crippen LogP contribution in [0.3, 0.4) is 0 Å². The van der Waals surface area contributed by atoms with Crippen molar-refractivity contribution in [2.45, 2.75) is 19.3 Å². The summed E-state index contributed by atoms with van der Waals surface area (Å²) < 4.78 is 3.99. The van der Waals surface area contributed by atoms with Crippen LogP contribution in [-0.2, 0) is 19.5 Å². The minimum absolute atomic E-state index is 0.381. The van der Waals surface area contributed by atoms with Gasteiger partial charge in [-0.1, -0.05) is 6.07 Å². The largest absolute Gasteiger partial charge is 0.319 e. The summed E-state index contributed by atoms with van der Waals surface area (Å²) in [4.78, 5) is 4.58. The maximum atomic E-state index is 6.00. The molecule has 3 aromatic rings. The van der Waals surface area contributed by atoms with Crippen molar-refractivity contribution in [1.82, 2.24) is 24.3 Å². The van der Waals surface area contributed by atoms with Crippen LogP contribution in [0.15, 0.2) is 24.5 Å². The smallest absolute Gasteiger partial charge is 0.152 e. The molecule has 0 aliphatic carbocycles. The minimum atomic E-state index is 0.381. The highest BCUT2D eigenvalue weighted by Crippen LogP contribution is 2.20. The molecule has 5 nitrogen and oxygen atoms in total. The third-order valence-electron chi connectivity index (χ3n) is 3.21. The highest BCUT2D eigenvalue weighted by atomic mass is 35.5. The van der Waals surface area contributed by atoms with E-state index in [2.05, 4.69) is 44.9 Å². The molecular formula is C13H14ClN5. The van der Waals surface area contributed by atoms with Gasteiger partial charge < -0.3 is 9.13 Å². The monoisotopic (exact) mass is 275 g/mol. The Labute approximate surface area is 115 Å². The molecule has 0 bridgehead atoms. The fraction of sp³-hybridized carbons (Fsp3) is 0.308. The number of fused-ring (bicyclic) bond motifs is 1. The Balaban J connectivity index is 2.13. The molecule has 1 aromatic carbocycles. The maximum absolute atomic E-state index is 6.00. The zero-order valence-corrected chi connectivity index (χ0v) is 11.6. The topological polar surface area (TPSA) is 48.5 Å². The van der Waals surface area contributed by atoms with Crippen molar-refractivity contribution < 1.29 is 0 Å². The first-order valence-electron chi connectivity index (χ1n) is 6.03. The summed E-state index contributed by atoms with van der Waals surface area (Å²) in [5.74, 6) is 2.11. The summed E-state index contributed by atoms with van der Waals surface area (Å²) in [5.41, 5.74) is 3.24. The van der Waals surface area contributed by atoms with E-state index in [4.69, 9.17) is 11.6 Å². The molecule has 19 heavy (non-hydrogen) atoms. The Kier molecular flexibility index (Phi) is 2.98. The first-order chi connectivity index (χ1) is 9.19. The zero-order chi connectivity index (χ0) is 13.4. The van der Waals surface area contributed by atoms with Crippen LogP contribution >= 0.6 is 11.6 Å². The number of aryl methyl sites for hydroxylation is 2. The van der Waals surface area contributed by atoms with Crippen LogP contribution in [0, 0.1) is 6.92 Å². The van der Waals surface area contributed by atoms with Gasteiger partial charge in [-0.2, -0.15) is 0 Å². The fourth-order valence-electron chi connectivity index (χ4n) is 2.16. The van der Waals surface area contributed by atoms with Crippen molar-refractivity contribution in [3.8, 4) is 0 Å². The first-order valence-corrected chi connectivity index (χ1v) is 6.57. The summed E-state index contributed by atoms with van der Waals surface area (Å²) in [6, 6.07) is 6.22. The van der Waals surface area contributed by atoms with Crippen LogP contribution in [0.1, 0.15) is 17.2 Å². The number of alkyl halides is 1. The number of rotatable bonds is 3. The van der Waals surface area contributed by atoms with Gasteiger partial charge in [-0.15, -0.1) is 21.8 Å². The van der Waals surface area contributed by atoms with Crippen molar-refractivity contribution in [3.63, 3.8) is 0 Å². The molecule has 0 atom stereocenters. The van der Waals surface area contributed by atoms with E-state index < -0.39 is 0 Å². The maximum Gasteiger partial charge on any atom is 0.152 e. The summed E-state index contributed by atoms with van der Waals surface area (Å²) >= 11 is 6.00. The molecule has 2 aromatic heterocycles. The number of nitrogens with zero attached hydrogens (tertiary/aromatic N) is 5. The fourth-order valence-corrected chi connectivity index (χ4v) is 2.36. The molecule has 0 aliphatic rings. The van der Waals surface area contributed by atoms with Gasteiger partial charge in [-0.3, -0.25) is 0 Å². The summed E-state index contributed by atoms with van der Waals surface area (Å²) in [5, 5.41) is 8.01. The third kappa shape index (κ3) is 2.10. The molecule has 0 radical (unpaired) electrons. The van der Waals surface area contributed by atoms with Gasteiger partial charge in [0, 0.05) is 7.05 Å². The molecule has 0 saturated heterocycles. The van der Waals surface area contributed by atoms with Gasteiger partial charge in [0.15, 0.2) is 5.82 Å². The van der Waals surface area contributed by atoms with Gasteiger partial charge in [0.2, 0.25) is 0 Å². The van der Waals surface area contributed by atoms with Crippen molar-refractivity contribution in [2.24, 2.45) is 7.05 Å². The number of hydrogen-bond acceptors (Lipinski definition) is 3. The Morgan fingerprint density at radius 1 is 1.26 bits per heavy atom. The van der Waals surface area contributed by atoms with Gasteiger partial charge in [0.25, 0.3) is 0 Å². The van der Waals surface area contributed by atoms with Gasteiger partial charge in [0.05, 0.1) is 23.5 Å². The Morgan fingerprint density at radius 3 is 2.79 bits per heavy atom. The lowest BCUT2D eigenvalue weighted by Crippen LogP contribution is -2.08. The van der Waals surface area contributed by atoms with E-state index in [1.165, 1.54) is 5.56 Å². The SMILES string of the molecule is Cc1ccc2c(c1)nc(CCl)n2Cc1nncn1C. The van der Waals surface area contributed by atoms with Crippen LogP contribution in [-0.4, -0.2) is 24.3 Å². The van der Waals surface area contributed by atoms with E-state index in [-0.39, 0.29) is 0 Å². The normalized spacial score (nSPS) is 11.3. The molecule has 98 valence electrons. The Bertz CT molecular complexity index is 728. The van der Waals surface area contributed by atoms with Crippen LogP contribution in [0.4, 0.5) is 0 Å². The highest BCUT2D eigenvalue weighted by Gasteiger charge is 2.12. The predicted molar refractivity (Wildman–Crippen MR) is 74.1 cm³/mol. The number of halogens is 1. The average Bonchev–Trinajstić information content (AvgIpc) is 2.94. The number of aromatic nitrogens is 5. The first kappa shape index (κ1) is 12.2. The highest BCUT2D eigenvalue weighted by molar-refractivity contribution is 6.16. The summed E-state index contributed by atoms with van der Waals surface area (Å²) in [6.07, 6.45) is 1.69. The molecule has 3 rings (SSSR count). The van der Waals surface area contributed by atoms with Crippen molar-refractivity contribution >= 4 is 22.6 Å². The van der Waals surface area contributed by atoms with Crippen molar-refractivity contribution in [1.29, 1.82) is 0 Å².